The first kappa shape index (κ1) is 11.6. The summed E-state index contributed by atoms with van der Waals surface area (Å²) in [5.74, 6) is 0. The van der Waals surface area contributed by atoms with Gasteiger partial charge >= 0.3 is 72.4 Å². The van der Waals surface area contributed by atoms with Crippen LogP contribution in [0.2, 0.25) is 0 Å². The molecule has 1 aromatic heterocycles. The van der Waals surface area contributed by atoms with Crippen LogP contribution in [0.25, 0.3) is 10.5 Å². The van der Waals surface area contributed by atoms with E-state index in [1.54, 1.807) is 23.6 Å². The van der Waals surface area contributed by atoms with Gasteiger partial charge in [-0.2, -0.15) is 0 Å². The molecule has 0 amide bonds. The monoisotopic (exact) mass is 407 g/mol. The first-order valence-electron chi connectivity index (χ1n) is 2.84. The number of nitrogens with zero attached hydrogens (tertiary/aromatic N) is 3. The van der Waals surface area contributed by atoms with E-state index in [0.717, 1.165) is 0 Å². The fourth-order valence-electron chi connectivity index (χ4n) is 0.575. The van der Waals surface area contributed by atoms with Gasteiger partial charge in [-0.25, -0.2) is 0 Å². The van der Waals surface area contributed by atoms with Crippen molar-refractivity contribution in [3.05, 3.63) is 40.7 Å². The molecule has 0 saturated carbocycles. The van der Waals surface area contributed by atoms with E-state index >= 15 is 0 Å². The quantitative estimate of drug-likeness (QED) is 0.512. The minimum absolute atomic E-state index is 0. The number of aromatic nitrogens is 2. The minimum atomic E-state index is 0. The number of rotatable bonds is 1. The van der Waals surface area contributed by atoms with Crippen LogP contribution < -0.4 is 0 Å². The van der Waals surface area contributed by atoms with E-state index in [-0.39, 0.29) is 22.4 Å². The first-order chi connectivity index (χ1) is 5.38. The fraction of sp³-hybridized carbons (Fsp3) is 0. The van der Waals surface area contributed by atoms with Gasteiger partial charge in [-0.05, 0) is 0 Å². The van der Waals surface area contributed by atoms with E-state index in [1.807, 2.05) is 0 Å². The zero-order valence-electron chi connectivity index (χ0n) is 5.86. The summed E-state index contributed by atoms with van der Waals surface area (Å²) in [6, 6.07) is 0. The summed E-state index contributed by atoms with van der Waals surface area (Å²) in [4.78, 5) is 12.6. The molecule has 0 bridgehead atoms. The molecule has 0 saturated heterocycles. The Morgan fingerprint density at radius 1 is 1.58 bits per heavy atom. The molecular weight excluding hydrogens is 402 g/mol. The SMILES string of the molecule is [Au].[C-]#[N+]/C(=C\[Se])c1cnccn1. The molecule has 0 unspecified atom stereocenters. The summed E-state index contributed by atoms with van der Waals surface area (Å²) in [6.07, 6.45) is 4.69. The summed E-state index contributed by atoms with van der Waals surface area (Å²) in [5.41, 5.74) is 1.08. The Kier molecular flexibility index (Phi) is 5.91. The molecule has 0 aromatic carbocycles. The predicted octanol–water partition coefficient (Wildman–Crippen LogP) is 0.860. The molecule has 3 nitrogen and oxygen atoms in total. The predicted molar refractivity (Wildman–Crippen MR) is 42.4 cm³/mol. The van der Waals surface area contributed by atoms with E-state index in [2.05, 4.69) is 30.8 Å². The third kappa shape index (κ3) is 2.90. The molecule has 0 aliphatic heterocycles. The standard InChI is InChI=1S/C7H4N3Se.Au/c1-8-7(5-11)6-4-9-2-3-10-6;/h2-5H;/b7-5-;. The molecule has 1 heterocycles. The Morgan fingerprint density at radius 2 is 2.33 bits per heavy atom. The molecule has 0 atom stereocenters. The average molecular weight is 406 g/mol. The Hall–Kier alpha value is -0.430. The molecule has 64 valence electrons. The zero-order valence-corrected chi connectivity index (χ0v) is 9.74. The second kappa shape index (κ2) is 6.13. The van der Waals surface area contributed by atoms with Crippen molar-refractivity contribution < 1.29 is 22.4 Å². The van der Waals surface area contributed by atoms with Gasteiger partial charge in [0, 0.05) is 22.4 Å². The second-order valence-electron chi connectivity index (χ2n) is 1.71. The maximum absolute atomic E-state index is 6.77. The van der Waals surface area contributed by atoms with Crippen LogP contribution in [-0.2, 0) is 22.4 Å². The third-order valence-corrected chi connectivity index (χ3v) is 1.53. The van der Waals surface area contributed by atoms with E-state index < -0.39 is 0 Å². The van der Waals surface area contributed by atoms with Gasteiger partial charge in [0.15, 0.2) is 0 Å². The van der Waals surface area contributed by atoms with Crippen LogP contribution in [-0.4, -0.2) is 26.0 Å². The van der Waals surface area contributed by atoms with Gasteiger partial charge in [0.2, 0.25) is 0 Å². The number of hydrogen-bond donors (Lipinski definition) is 0. The van der Waals surface area contributed by atoms with E-state index in [0.29, 0.717) is 11.4 Å². The van der Waals surface area contributed by atoms with Gasteiger partial charge in [-0.15, -0.1) is 0 Å². The number of hydrogen-bond acceptors (Lipinski definition) is 2. The van der Waals surface area contributed by atoms with E-state index in [1.165, 1.54) is 0 Å². The van der Waals surface area contributed by atoms with Crippen LogP contribution >= 0.6 is 0 Å². The van der Waals surface area contributed by atoms with Crippen LogP contribution in [0, 0.1) is 6.57 Å². The molecule has 1 rings (SSSR count). The molecule has 0 spiro atoms. The molecule has 0 fully saturated rings. The van der Waals surface area contributed by atoms with E-state index in [4.69, 9.17) is 6.57 Å². The Morgan fingerprint density at radius 3 is 2.75 bits per heavy atom. The molecule has 5 heteroatoms. The van der Waals surface area contributed by atoms with Crippen LogP contribution in [0.15, 0.2) is 23.6 Å². The van der Waals surface area contributed by atoms with Gasteiger partial charge in [-0.1, -0.05) is 0 Å². The molecule has 2 radical (unpaired) electrons. The topological polar surface area (TPSA) is 30.1 Å². The zero-order chi connectivity index (χ0) is 8.10. The first-order valence-corrected chi connectivity index (χ1v) is 3.83. The van der Waals surface area contributed by atoms with Gasteiger partial charge in [0.25, 0.3) is 0 Å². The Labute approximate surface area is 94.4 Å². The molecule has 12 heavy (non-hydrogen) atoms. The summed E-state index contributed by atoms with van der Waals surface area (Å²) in [6.45, 7) is 6.77. The Balaban J connectivity index is 0.00000121. The molecular formula is C7H4AuN3Se. The summed E-state index contributed by atoms with van der Waals surface area (Å²) >= 11 is 2.65. The fourth-order valence-corrected chi connectivity index (χ4v) is 0.939. The van der Waals surface area contributed by atoms with Crippen molar-refractivity contribution in [1.82, 2.24) is 9.97 Å². The van der Waals surface area contributed by atoms with Crippen molar-refractivity contribution >= 4 is 21.7 Å². The van der Waals surface area contributed by atoms with Crippen LogP contribution in [0.4, 0.5) is 0 Å². The van der Waals surface area contributed by atoms with Gasteiger partial charge in [0.1, 0.15) is 0 Å². The Bertz CT molecular complexity index is 304. The van der Waals surface area contributed by atoms with Crippen molar-refractivity contribution in [2.75, 3.05) is 0 Å². The van der Waals surface area contributed by atoms with Gasteiger partial charge in [-0.3, -0.25) is 0 Å². The molecule has 1 aromatic rings. The van der Waals surface area contributed by atoms with Crippen molar-refractivity contribution in [1.29, 1.82) is 0 Å². The van der Waals surface area contributed by atoms with Crippen molar-refractivity contribution in [2.24, 2.45) is 0 Å². The maximum atomic E-state index is 6.77. The summed E-state index contributed by atoms with van der Waals surface area (Å²) in [7, 11) is 0. The van der Waals surface area contributed by atoms with E-state index in [9.17, 15) is 0 Å². The van der Waals surface area contributed by atoms with Crippen molar-refractivity contribution in [2.45, 2.75) is 0 Å². The molecule has 0 aliphatic rings. The molecule has 0 aliphatic carbocycles. The van der Waals surface area contributed by atoms with Crippen LogP contribution in [0.3, 0.4) is 0 Å². The van der Waals surface area contributed by atoms with Crippen molar-refractivity contribution in [3.8, 4) is 0 Å². The van der Waals surface area contributed by atoms with Gasteiger partial charge < -0.3 is 0 Å². The van der Waals surface area contributed by atoms with Crippen LogP contribution in [0.1, 0.15) is 5.69 Å². The normalized spacial score (nSPS) is 9.75. The van der Waals surface area contributed by atoms with Gasteiger partial charge in [0.05, 0.1) is 0 Å². The second-order valence-corrected chi connectivity index (χ2v) is 2.20. The molecule has 0 N–H and O–H groups in total. The van der Waals surface area contributed by atoms with Crippen molar-refractivity contribution in [3.63, 3.8) is 0 Å². The van der Waals surface area contributed by atoms with Crippen LogP contribution in [0.5, 0.6) is 0 Å². The summed E-state index contributed by atoms with van der Waals surface area (Å²) < 4.78 is 0. The third-order valence-electron chi connectivity index (χ3n) is 1.06. The summed E-state index contributed by atoms with van der Waals surface area (Å²) in [5, 5.41) is 0. The average Bonchev–Trinajstić information content (AvgIpc) is 2.09.